The zero-order valence-corrected chi connectivity index (χ0v) is 15.2. The van der Waals surface area contributed by atoms with Gasteiger partial charge in [0.15, 0.2) is 0 Å². The van der Waals surface area contributed by atoms with Crippen LogP contribution in [0, 0.1) is 0 Å². The summed E-state index contributed by atoms with van der Waals surface area (Å²) in [5, 5.41) is 8.73. The molecule has 0 spiro atoms. The Morgan fingerprint density at radius 1 is 1.22 bits per heavy atom. The number of para-hydroxylation sites is 1. The van der Waals surface area contributed by atoms with Crippen LogP contribution in [0.15, 0.2) is 58.1 Å². The molecule has 0 saturated carbocycles. The number of hydrogen-bond acceptors (Lipinski definition) is 4. The van der Waals surface area contributed by atoms with Crippen LogP contribution in [-0.4, -0.2) is 20.3 Å². The predicted octanol–water partition coefficient (Wildman–Crippen LogP) is 2.75. The number of fused-ring (bicyclic) bond motifs is 3. The lowest BCUT2D eigenvalue weighted by atomic mass is 10.2. The van der Waals surface area contributed by atoms with Gasteiger partial charge in [-0.15, -0.1) is 0 Å². The number of nitrogens with one attached hydrogen (secondary N) is 1. The van der Waals surface area contributed by atoms with Crippen molar-refractivity contribution in [3.05, 3.63) is 65.0 Å². The lowest BCUT2D eigenvalue weighted by molar-refractivity contribution is -0.124. The van der Waals surface area contributed by atoms with Crippen LogP contribution < -0.4 is 10.9 Å². The van der Waals surface area contributed by atoms with E-state index in [4.69, 9.17) is 4.42 Å². The highest BCUT2D eigenvalue weighted by atomic mass is 16.3. The van der Waals surface area contributed by atoms with E-state index in [2.05, 4.69) is 10.4 Å². The summed E-state index contributed by atoms with van der Waals surface area (Å²) in [6.45, 7) is 2.24. The maximum atomic E-state index is 13.0. The molecule has 7 nitrogen and oxygen atoms in total. The van der Waals surface area contributed by atoms with Crippen molar-refractivity contribution in [2.45, 2.75) is 25.9 Å². The number of nitrogens with zero attached hydrogens (tertiary/aromatic N) is 3. The van der Waals surface area contributed by atoms with Crippen molar-refractivity contribution in [1.82, 2.24) is 19.7 Å². The summed E-state index contributed by atoms with van der Waals surface area (Å²) >= 11 is 0. The molecule has 3 aromatic heterocycles. The molecular formula is C20H20N4O3. The predicted molar refractivity (Wildman–Crippen MR) is 102 cm³/mol. The van der Waals surface area contributed by atoms with Gasteiger partial charge in [-0.2, -0.15) is 5.10 Å². The van der Waals surface area contributed by atoms with Crippen molar-refractivity contribution < 1.29 is 9.21 Å². The molecule has 4 rings (SSSR count). The molecule has 3 heterocycles. The number of rotatable bonds is 5. The Hall–Kier alpha value is -3.35. The number of carbonyl (C=O) groups excluding carboxylic acids is 1. The average molecular weight is 364 g/mol. The van der Waals surface area contributed by atoms with Gasteiger partial charge in [0.05, 0.1) is 24.5 Å². The van der Waals surface area contributed by atoms with Gasteiger partial charge in [0.2, 0.25) is 5.91 Å². The Balaban J connectivity index is 1.85. The summed E-state index contributed by atoms with van der Waals surface area (Å²) in [6.07, 6.45) is 3.80. The van der Waals surface area contributed by atoms with Gasteiger partial charge < -0.3 is 14.3 Å². The number of aryl methyl sites for hydroxylation is 1. The smallest absolute Gasteiger partial charge is 0.291 e. The molecule has 0 aliphatic carbocycles. The van der Waals surface area contributed by atoms with Gasteiger partial charge >= 0.3 is 0 Å². The molecule has 1 aromatic carbocycles. The van der Waals surface area contributed by atoms with Gasteiger partial charge in [-0.3, -0.25) is 9.59 Å². The zero-order valence-electron chi connectivity index (χ0n) is 15.2. The molecule has 1 amide bonds. The molecule has 4 aromatic rings. The van der Waals surface area contributed by atoms with Gasteiger partial charge in [-0.1, -0.05) is 25.1 Å². The third-order valence-electron chi connectivity index (χ3n) is 4.82. The van der Waals surface area contributed by atoms with E-state index in [1.165, 1.54) is 4.68 Å². The van der Waals surface area contributed by atoms with Crippen molar-refractivity contribution in [1.29, 1.82) is 0 Å². The molecule has 0 fully saturated rings. The van der Waals surface area contributed by atoms with Crippen LogP contribution in [0.1, 0.15) is 25.1 Å². The average Bonchev–Trinajstić information content (AvgIpc) is 3.31. The Labute approximate surface area is 155 Å². The minimum atomic E-state index is -0.516. The second-order valence-corrected chi connectivity index (χ2v) is 6.44. The molecule has 27 heavy (non-hydrogen) atoms. The van der Waals surface area contributed by atoms with Crippen molar-refractivity contribution in [3.63, 3.8) is 0 Å². The Morgan fingerprint density at radius 3 is 2.78 bits per heavy atom. The molecule has 0 aliphatic heterocycles. The maximum absolute atomic E-state index is 13.0. The van der Waals surface area contributed by atoms with Crippen LogP contribution >= 0.6 is 0 Å². The summed E-state index contributed by atoms with van der Waals surface area (Å²) in [4.78, 5) is 25.8. The third kappa shape index (κ3) is 2.81. The highest BCUT2D eigenvalue weighted by Crippen LogP contribution is 2.30. The lowest BCUT2D eigenvalue weighted by Gasteiger charge is -2.19. The molecule has 0 bridgehead atoms. The number of benzene rings is 1. The summed E-state index contributed by atoms with van der Waals surface area (Å²) < 4.78 is 8.42. The van der Waals surface area contributed by atoms with Crippen LogP contribution in [0.5, 0.6) is 0 Å². The third-order valence-corrected chi connectivity index (χ3v) is 4.82. The normalized spacial score (nSPS) is 12.5. The van der Waals surface area contributed by atoms with Crippen LogP contribution in [0.3, 0.4) is 0 Å². The van der Waals surface area contributed by atoms with Crippen LogP contribution in [-0.2, 0) is 18.4 Å². The molecular weight excluding hydrogens is 344 g/mol. The molecule has 0 saturated heterocycles. The first-order valence-corrected chi connectivity index (χ1v) is 8.87. The molecule has 138 valence electrons. The summed E-state index contributed by atoms with van der Waals surface area (Å²) in [6, 6.07) is 10.8. The summed E-state index contributed by atoms with van der Waals surface area (Å²) in [5.41, 5.74) is 1.12. The van der Waals surface area contributed by atoms with Crippen LogP contribution in [0.2, 0.25) is 0 Å². The maximum Gasteiger partial charge on any atom is 0.291 e. The SMILES string of the molecule is CC[C@@H](C(=O)NCc1ccco1)n1c2ccccc2c2cnn(C)c(=O)c21. The number of hydrogen-bond donors (Lipinski definition) is 1. The van der Waals surface area contributed by atoms with Gasteiger partial charge in [-0.25, -0.2) is 4.68 Å². The summed E-state index contributed by atoms with van der Waals surface area (Å²) in [7, 11) is 1.61. The molecule has 1 atom stereocenters. The van der Waals surface area contributed by atoms with E-state index in [1.54, 1.807) is 25.6 Å². The molecule has 0 unspecified atom stereocenters. The quantitative estimate of drug-likeness (QED) is 0.590. The van der Waals surface area contributed by atoms with Crippen molar-refractivity contribution in [3.8, 4) is 0 Å². The highest BCUT2D eigenvalue weighted by Gasteiger charge is 2.25. The molecule has 1 N–H and O–H groups in total. The topological polar surface area (TPSA) is 82.1 Å². The van der Waals surface area contributed by atoms with E-state index in [-0.39, 0.29) is 11.5 Å². The Bertz CT molecular complexity index is 1170. The standard InChI is InChI=1S/C20H20N4O3/c1-3-16(19(25)21-11-13-7-6-10-27-13)24-17-9-5-4-8-14(17)15-12-22-23(2)20(26)18(15)24/h4-10,12,16H,3,11H2,1-2H3,(H,21,25)/t16-/m0/s1. The fourth-order valence-corrected chi connectivity index (χ4v) is 3.50. The fraction of sp³-hybridized carbons (Fsp3) is 0.250. The first-order chi connectivity index (χ1) is 13.1. The number of carbonyl (C=O) groups is 1. The van der Waals surface area contributed by atoms with Crippen molar-refractivity contribution in [2.75, 3.05) is 0 Å². The highest BCUT2D eigenvalue weighted by molar-refractivity contribution is 6.08. The minimum absolute atomic E-state index is 0.157. The zero-order chi connectivity index (χ0) is 19.0. The van der Waals surface area contributed by atoms with Gasteiger partial charge in [0.1, 0.15) is 17.3 Å². The van der Waals surface area contributed by atoms with E-state index < -0.39 is 6.04 Å². The van der Waals surface area contributed by atoms with E-state index in [0.29, 0.717) is 24.2 Å². The molecule has 0 radical (unpaired) electrons. The number of amides is 1. The second kappa shape index (κ2) is 6.75. The largest absolute Gasteiger partial charge is 0.467 e. The number of furan rings is 1. The van der Waals surface area contributed by atoms with Crippen LogP contribution in [0.4, 0.5) is 0 Å². The van der Waals surface area contributed by atoms with Gasteiger partial charge in [-0.05, 0) is 24.6 Å². The van der Waals surface area contributed by atoms with Crippen LogP contribution in [0.25, 0.3) is 21.8 Å². The van der Waals surface area contributed by atoms with E-state index in [9.17, 15) is 9.59 Å². The van der Waals surface area contributed by atoms with Gasteiger partial charge in [0.25, 0.3) is 5.56 Å². The van der Waals surface area contributed by atoms with Gasteiger partial charge in [0, 0.05) is 17.8 Å². The minimum Gasteiger partial charge on any atom is -0.467 e. The fourth-order valence-electron chi connectivity index (χ4n) is 3.50. The summed E-state index contributed by atoms with van der Waals surface area (Å²) in [5.74, 6) is 0.524. The number of aromatic nitrogens is 3. The van der Waals surface area contributed by atoms with Crippen molar-refractivity contribution >= 4 is 27.7 Å². The monoisotopic (exact) mass is 364 g/mol. The Morgan fingerprint density at radius 2 is 2.04 bits per heavy atom. The van der Waals surface area contributed by atoms with E-state index in [1.807, 2.05) is 41.8 Å². The first-order valence-electron chi connectivity index (χ1n) is 8.87. The second-order valence-electron chi connectivity index (χ2n) is 6.44. The lowest BCUT2D eigenvalue weighted by Crippen LogP contribution is -2.33. The van der Waals surface area contributed by atoms with Crippen molar-refractivity contribution in [2.24, 2.45) is 7.05 Å². The first kappa shape index (κ1) is 17.1. The molecule has 0 aliphatic rings. The van der Waals surface area contributed by atoms with E-state index >= 15 is 0 Å². The Kier molecular flexibility index (Phi) is 4.27. The van der Waals surface area contributed by atoms with E-state index in [0.717, 1.165) is 16.3 Å². The molecule has 7 heteroatoms.